The highest BCUT2D eigenvalue weighted by atomic mass is 32.2. The van der Waals surface area contributed by atoms with Gasteiger partial charge in [-0.2, -0.15) is 0 Å². The normalized spacial score (nSPS) is 10.6. The van der Waals surface area contributed by atoms with E-state index in [0.717, 1.165) is 32.4 Å². The van der Waals surface area contributed by atoms with Gasteiger partial charge >= 0.3 is 0 Å². The maximum Gasteiger partial charge on any atom is 0.150 e. The number of benzene rings is 4. The Morgan fingerprint density at radius 3 is 1.29 bits per heavy atom. The van der Waals surface area contributed by atoms with Crippen LogP contribution in [0.2, 0.25) is 0 Å². The average Bonchev–Trinajstić information content (AvgIpc) is 2.75. The Bertz CT molecular complexity index is 1090. The fourth-order valence-electron chi connectivity index (χ4n) is 3.06. The molecule has 0 aliphatic carbocycles. The average molecular weight is 429 g/mol. The van der Waals surface area contributed by atoms with Crippen LogP contribution in [-0.2, 0) is 0 Å². The van der Waals surface area contributed by atoms with Gasteiger partial charge in [0, 0.05) is 9.79 Å². The van der Waals surface area contributed by atoms with Crippen LogP contribution >= 0.6 is 11.8 Å². The van der Waals surface area contributed by atoms with Gasteiger partial charge in [0.2, 0.25) is 0 Å². The van der Waals surface area contributed by atoms with Crippen molar-refractivity contribution in [1.82, 2.24) is 0 Å². The molecule has 0 aliphatic rings. The molecular formula is C26H24N2O2S. The summed E-state index contributed by atoms with van der Waals surface area (Å²) in [6, 6.07) is 27.4. The van der Waals surface area contributed by atoms with Gasteiger partial charge in [-0.25, -0.2) is 0 Å². The van der Waals surface area contributed by atoms with E-state index in [1.807, 2.05) is 98.8 Å². The molecule has 0 radical (unpaired) electrons. The summed E-state index contributed by atoms with van der Waals surface area (Å²) in [6.07, 6.45) is 0. The van der Waals surface area contributed by atoms with E-state index in [1.165, 1.54) is 0 Å². The predicted octanol–water partition coefficient (Wildman–Crippen LogP) is 7.20. The second-order valence-electron chi connectivity index (χ2n) is 7.33. The quantitative estimate of drug-likeness (QED) is 0.318. The Kier molecular flexibility index (Phi) is 6.05. The Labute approximate surface area is 186 Å². The standard InChI is InChI=1S/C26H24N2O2S/c1-17-3-13-25(23(27)15-17)29-19-5-9-21(10-6-19)31-22-11-7-20(8-12-22)30-26-14-4-18(2)16-24(26)28/h3-16H,27-28H2,1-2H3. The summed E-state index contributed by atoms with van der Waals surface area (Å²) in [5, 5.41) is 0. The second kappa shape index (κ2) is 9.06. The van der Waals surface area contributed by atoms with E-state index in [2.05, 4.69) is 0 Å². The molecule has 4 aromatic rings. The van der Waals surface area contributed by atoms with Crippen LogP contribution in [0, 0.1) is 13.8 Å². The molecule has 156 valence electrons. The van der Waals surface area contributed by atoms with Crippen molar-refractivity contribution in [3.63, 3.8) is 0 Å². The predicted molar refractivity (Wildman–Crippen MR) is 128 cm³/mol. The Morgan fingerprint density at radius 2 is 0.935 bits per heavy atom. The molecule has 0 fully saturated rings. The van der Waals surface area contributed by atoms with Crippen molar-refractivity contribution in [2.45, 2.75) is 23.6 Å². The van der Waals surface area contributed by atoms with Crippen molar-refractivity contribution in [2.75, 3.05) is 11.5 Å². The first-order valence-electron chi connectivity index (χ1n) is 9.92. The molecule has 0 unspecified atom stereocenters. The van der Waals surface area contributed by atoms with Crippen molar-refractivity contribution in [3.05, 3.63) is 96.1 Å². The minimum atomic E-state index is 0.633. The lowest BCUT2D eigenvalue weighted by atomic mass is 10.2. The molecule has 5 heteroatoms. The van der Waals surface area contributed by atoms with Gasteiger partial charge in [0.25, 0.3) is 0 Å². The molecule has 0 spiro atoms. The SMILES string of the molecule is Cc1ccc(Oc2ccc(Sc3ccc(Oc4ccc(C)cc4N)cc3)cc2)c(N)c1. The summed E-state index contributed by atoms with van der Waals surface area (Å²) in [5.74, 6) is 2.82. The number of aryl methyl sites for hydroxylation is 2. The molecule has 0 heterocycles. The zero-order valence-corrected chi connectivity index (χ0v) is 18.3. The van der Waals surface area contributed by atoms with Crippen LogP contribution < -0.4 is 20.9 Å². The molecule has 4 N–H and O–H groups in total. The minimum Gasteiger partial charge on any atom is -0.455 e. The largest absolute Gasteiger partial charge is 0.455 e. The molecule has 0 amide bonds. The van der Waals surface area contributed by atoms with Gasteiger partial charge in [-0.3, -0.25) is 0 Å². The lowest BCUT2D eigenvalue weighted by Crippen LogP contribution is -1.92. The number of nitrogen functional groups attached to an aromatic ring is 2. The first-order chi connectivity index (χ1) is 15.0. The van der Waals surface area contributed by atoms with E-state index in [0.29, 0.717) is 22.9 Å². The van der Waals surface area contributed by atoms with E-state index >= 15 is 0 Å². The van der Waals surface area contributed by atoms with Gasteiger partial charge in [0.05, 0.1) is 11.4 Å². The first kappa shape index (κ1) is 20.7. The highest BCUT2D eigenvalue weighted by molar-refractivity contribution is 7.99. The summed E-state index contributed by atoms with van der Waals surface area (Å²) in [7, 11) is 0. The zero-order valence-electron chi connectivity index (χ0n) is 17.5. The molecule has 4 nitrogen and oxygen atoms in total. The molecule has 0 aromatic heterocycles. The zero-order chi connectivity index (χ0) is 21.8. The molecule has 31 heavy (non-hydrogen) atoms. The molecule has 0 atom stereocenters. The highest BCUT2D eigenvalue weighted by Crippen LogP contribution is 2.34. The summed E-state index contributed by atoms with van der Waals surface area (Å²) in [6.45, 7) is 4.01. The molecular weight excluding hydrogens is 404 g/mol. The highest BCUT2D eigenvalue weighted by Gasteiger charge is 2.05. The van der Waals surface area contributed by atoms with Gasteiger partial charge in [0.15, 0.2) is 0 Å². The third kappa shape index (κ3) is 5.32. The topological polar surface area (TPSA) is 70.5 Å². The van der Waals surface area contributed by atoms with E-state index < -0.39 is 0 Å². The van der Waals surface area contributed by atoms with Crippen molar-refractivity contribution < 1.29 is 9.47 Å². The monoisotopic (exact) mass is 428 g/mol. The number of ether oxygens (including phenoxy) is 2. The lowest BCUT2D eigenvalue weighted by Gasteiger charge is -2.10. The van der Waals surface area contributed by atoms with Gasteiger partial charge < -0.3 is 20.9 Å². The van der Waals surface area contributed by atoms with Crippen LogP contribution in [0.25, 0.3) is 0 Å². The van der Waals surface area contributed by atoms with Gasteiger partial charge in [0.1, 0.15) is 23.0 Å². The lowest BCUT2D eigenvalue weighted by molar-refractivity contribution is 0.484. The van der Waals surface area contributed by atoms with Crippen LogP contribution in [0.5, 0.6) is 23.0 Å². The molecule has 4 aromatic carbocycles. The maximum absolute atomic E-state index is 6.03. The number of anilines is 2. The fourth-order valence-corrected chi connectivity index (χ4v) is 3.88. The van der Waals surface area contributed by atoms with Gasteiger partial charge in [-0.1, -0.05) is 23.9 Å². The van der Waals surface area contributed by atoms with Crippen molar-refractivity contribution in [2.24, 2.45) is 0 Å². The van der Waals surface area contributed by atoms with Crippen LogP contribution in [-0.4, -0.2) is 0 Å². The first-order valence-corrected chi connectivity index (χ1v) is 10.7. The van der Waals surface area contributed by atoms with Crippen molar-refractivity contribution >= 4 is 23.1 Å². The third-order valence-electron chi connectivity index (χ3n) is 4.67. The van der Waals surface area contributed by atoms with Crippen LogP contribution in [0.15, 0.2) is 94.7 Å². The fraction of sp³-hybridized carbons (Fsp3) is 0.0769. The van der Waals surface area contributed by atoms with E-state index in [-0.39, 0.29) is 0 Å². The Hall–Kier alpha value is -3.57. The van der Waals surface area contributed by atoms with Gasteiger partial charge in [-0.05, 0) is 97.8 Å². The van der Waals surface area contributed by atoms with Crippen molar-refractivity contribution in [3.8, 4) is 23.0 Å². The number of hydrogen-bond acceptors (Lipinski definition) is 5. The van der Waals surface area contributed by atoms with Crippen LogP contribution in [0.3, 0.4) is 0 Å². The Morgan fingerprint density at radius 1 is 0.548 bits per heavy atom. The van der Waals surface area contributed by atoms with E-state index in [4.69, 9.17) is 20.9 Å². The summed E-state index contributed by atoms with van der Waals surface area (Å²) >= 11 is 1.67. The van der Waals surface area contributed by atoms with E-state index in [9.17, 15) is 0 Å². The van der Waals surface area contributed by atoms with Crippen molar-refractivity contribution in [1.29, 1.82) is 0 Å². The van der Waals surface area contributed by atoms with Gasteiger partial charge in [-0.15, -0.1) is 0 Å². The summed E-state index contributed by atoms with van der Waals surface area (Å²) < 4.78 is 11.8. The number of hydrogen-bond donors (Lipinski definition) is 2. The smallest absolute Gasteiger partial charge is 0.150 e. The second-order valence-corrected chi connectivity index (χ2v) is 8.48. The molecule has 0 bridgehead atoms. The minimum absolute atomic E-state index is 0.633. The molecule has 0 saturated carbocycles. The summed E-state index contributed by atoms with van der Waals surface area (Å²) in [5.41, 5.74) is 15.5. The van der Waals surface area contributed by atoms with Crippen LogP contribution in [0.1, 0.15) is 11.1 Å². The molecule has 0 aliphatic heterocycles. The van der Waals surface area contributed by atoms with E-state index in [1.54, 1.807) is 11.8 Å². The maximum atomic E-state index is 6.03. The summed E-state index contributed by atoms with van der Waals surface area (Å²) in [4.78, 5) is 2.22. The van der Waals surface area contributed by atoms with Crippen LogP contribution in [0.4, 0.5) is 11.4 Å². The number of rotatable bonds is 6. The molecule has 4 rings (SSSR count). The Balaban J connectivity index is 1.39. The molecule has 0 saturated heterocycles. The third-order valence-corrected chi connectivity index (χ3v) is 5.69. The number of nitrogens with two attached hydrogens (primary N) is 2.